The molecule has 0 aromatic heterocycles. The number of benzene rings is 1. The van der Waals surface area contributed by atoms with Crippen molar-refractivity contribution >= 4 is 23.0 Å². The Bertz CT molecular complexity index is 610. The molecule has 5 N–H and O–H groups in total. The quantitative estimate of drug-likeness (QED) is 0.292. The number of phenolic OH excluding ortho intramolecular Hbond substituents is 1. The van der Waals surface area contributed by atoms with Crippen molar-refractivity contribution in [2.24, 2.45) is 16.5 Å². The first kappa shape index (κ1) is 19.4. The number of nitrogens with two attached hydrogens (primary N) is 2. The standard InChI is InChI=1S/C6H3N3O7.C3H8FN3/c10-6-4(8(13)14)1-3(7(11)12)2-5(6)9(15)16;4-1-2-7-3(5)6/h1-2,10H;1-2H2,(H4,5,6,7). The van der Waals surface area contributed by atoms with Gasteiger partial charge in [-0.1, -0.05) is 0 Å². The first-order chi connectivity index (χ1) is 10.6. The molecule has 0 saturated heterocycles. The lowest BCUT2D eigenvalue weighted by Gasteiger charge is -1.97. The largest absolute Gasteiger partial charge is 0.497 e. The molecular weight excluding hydrogens is 323 g/mol. The number of rotatable bonds is 5. The highest BCUT2D eigenvalue weighted by Crippen LogP contribution is 2.38. The number of nitro groups is 3. The Morgan fingerprint density at radius 1 is 1.09 bits per heavy atom. The van der Waals surface area contributed by atoms with Crippen molar-refractivity contribution in [1.82, 2.24) is 0 Å². The maximum atomic E-state index is 11.1. The number of alkyl halides is 1. The highest BCUT2D eigenvalue weighted by atomic mass is 19.1. The molecule has 0 bridgehead atoms. The lowest BCUT2D eigenvalue weighted by Crippen LogP contribution is -2.23. The second-order valence-corrected chi connectivity index (χ2v) is 3.60. The summed E-state index contributed by atoms with van der Waals surface area (Å²) in [6, 6.07) is 0.894. The number of guanidine groups is 1. The third kappa shape index (κ3) is 6.15. The van der Waals surface area contributed by atoms with E-state index in [1.54, 1.807) is 0 Å². The zero-order chi connectivity index (χ0) is 18.2. The van der Waals surface area contributed by atoms with Crippen LogP contribution in [0, 0.1) is 30.3 Å². The average Bonchev–Trinajstić information content (AvgIpc) is 2.44. The third-order valence-corrected chi connectivity index (χ3v) is 2.04. The number of nitro benzene ring substituents is 3. The first-order valence-electron chi connectivity index (χ1n) is 5.53. The van der Waals surface area contributed by atoms with Gasteiger partial charge in [-0.15, -0.1) is 0 Å². The van der Waals surface area contributed by atoms with Crippen molar-refractivity contribution in [3.63, 3.8) is 0 Å². The van der Waals surface area contributed by atoms with Crippen molar-refractivity contribution in [1.29, 1.82) is 0 Å². The van der Waals surface area contributed by atoms with Crippen LogP contribution in [0.15, 0.2) is 17.1 Å². The Labute approximate surface area is 126 Å². The summed E-state index contributed by atoms with van der Waals surface area (Å²) in [7, 11) is 0. The lowest BCUT2D eigenvalue weighted by atomic mass is 10.2. The molecule has 0 saturated carbocycles. The van der Waals surface area contributed by atoms with E-state index in [1.165, 1.54) is 0 Å². The molecule has 1 aromatic rings. The number of hydrogen-bond acceptors (Lipinski definition) is 8. The first-order valence-corrected chi connectivity index (χ1v) is 5.53. The van der Waals surface area contributed by atoms with Gasteiger partial charge in [0.1, 0.15) is 6.67 Å². The van der Waals surface area contributed by atoms with E-state index in [0.29, 0.717) is 12.1 Å². The van der Waals surface area contributed by atoms with Gasteiger partial charge in [-0.05, 0) is 0 Å². The molecule has 0 spiro atoms. The van der Waals surface area contributed by atoms with Gasteiger partial charge in [0.05, 0.1) is 33.4 Å². The molecule has 0 aliphatic carbocycles. The molecule has 13 nitrogen and oxygen atoms in total. The Morgan fingerprint density at radius 2 is 1.52 bits per heavy atom. The average molecular weight is 334 g/mol. The minimum atomic E-state index is -1.21. The molecule has 126 valence electrons. The van der Waals surface area contributed by atoms with E-state index >= 15 is 0 Å². The van der Waals surface area contributed by atoms with Crippen molar-refractivity contribution in [2.45, 2.75) is 0 Å². The summed E-state index contributed by atoms with van der Waals surface area (Å²) in [6.07, 6.45) is 0. The van der Waals surface area contributed by atoms with Crippen LogP contribution in [-0.2, 0) is 0 Å². The molecule has 0 aliphatic heterocycles. The van der Waals surface area contributed by atoms with Gasteiger partial charge in [0.2, 0.25) is 0 Å². The summed E-state index contributed by atoms with van der Waals surface area (Å²) in [4.78, 5) is 31.1. The molecule has 0 aliphatic rings. The van der Waals surface area contributed by atoms with Crippen LogP contribution in [0.4, 0.5) is 21.5 Å². The van der Waals surface area contributed by atoms with Crippen LogP contribution in [0.3, 0.4) is 0 Å². The van der Waals surface area contributed by atoms with E-state index in [1.807, 2.05) is 0 Å². The number of non-ortho nitro benzene ring substituents is 1. The van der Waals surface area contributed by atoms with E-state index in [9.17, 15) is 34.7 Å². The summed E-state index contributed by atoms with van der Waals surface area (Å²) < 4.78 is 11.1. The molecular formula is C9H11FN6O7. The summed E-state index contributed by atoms with van der Waals surface area (Å²) in [5.74, 6) is -1.27. The molecule has 0 atom stereocenters. The highest BCUT2D eigenvalue weighted by Gasteiger charge is 2.30. The van der Waals surface area contributed by atoms with E-state index in [0.717, 1.165) is 0 Å². The predicted octanol–water partition coefficient (Wildman–Crippen LogP) is 0.346. The van der Waals surface area contributed by atoms with Crippen LogP contribution in [0.1, 0.15) is 0 Å². The van der Waals surface area contributed by atoms with Gasteiger partial charge >= 0.3 is 11.4 Å². The highest BCUT2D eigenvalue weighted by molar-refractivity contribution is 5.75. The minimum absolute atomic E-state index is 0.0577. The molecule has 0 radical (unpaired) electrons. The van der Waals surface area contributed by atoms with E-state index < -0.39 is 44.3 Å². The van der Waals surface area contributed by atoms with Gasteiger partial charge in [-0.2, -0.15) is 0 Å². The van der Waals surface area contributed by atoms with Crippen molar-refractivity contribution in [3.8, 4) is 5.75 Å². The predicted molar refractivity (Wildman–Crippen MR) is 74.7 cm³/mol. The van der Waals surface area contributed by atoms with Crippen LogP contribution in [0.5, 0.6) is 5.75 Å². The fourth-order valence-electron chi connectivity index (χ4n) is 1.14. The van der Waals surface area contributed by atoms with E-state index in [2.05, 4.69) is 4.99 Å². The Balaban J connectivity index is 0.000000585. The van der Waals surface area contributed by atoms with Crippen molar-refractivity contribution in [2.75, 3.05) is 13.2 Å². The zero-order valence-electron chi connectivity index (χ0n) is 11.3. The molecule has 1 aromatic carbocycles. The van der Waals surface area contributed by atoms with Gasteiger partial charge in [-0.25, -0.2) is 4.39 Å². The van der Waals surface area contributed by atoms with E-state index in [-0.39, 0.29) is 12.5 Å². The Hall–Kier alpha value is -3.58. The summed E-state index contributed by atoms with van der Waals surface area (Å²) in [5, 5.41) is 40.2. The van der Waals surface area contributed by atoms with Crippen LogP contribution < -0.4 is 11.5 Å². The van der Waals surface area contributed by atoms with Crippen LogP contribution in [0.25, 0.3) is 0 Å². The van der Waals surface area contributed by atoms with Crippen molar-refractivity contribution in [3.05, 3.63) is 42.5 Å². The molecule has 0 heterocycles. The van der Waals surface area contributed by atoms with Crippen LogP contribution in [0.2, 0.25) is 0 Å². The van der Waals surface area contributed by atoms with Crippen LogP contribution >= 0.6 is 0 Å². The van der Waals surface area contributed by atoms with Gasteiger partial charge in [0, 0.05) is 0 Å². The number of nitrogens with zero attached hydrogens (tertiary/aromatic N) is 4. The monoisotopic (exact) mass is 334 g/mol. The fraction of sp³-hybridized carbons (Fsp3) is 0.222. The maximum Gasteiger partial charge on any atom is 0.324 e. The van der Waals surface area contributed by atoms with Crippen molar-refractivity contribution < 1.29 is 24.3 Å². The van der Waals surface area contributed by atoms with Gasteiger partial charge in [-0.3, -0.25) is 35.3 Å². The molecule has 0 unspecified atom stereocenters. The maximum absolute atomic E-state index is 11.1. The number of hydrogen-bond donors (Lipinski definition) is 3. The SMILES string of the molecule is NC(N)=NCCF.O=[N+]([O-])c1cc([N+](=O)[O-])c(O)c([N+](=O)[O-])c1. The lowest BCUT2D eigenvalue weighted by molar-refractivity contribution is -0.404. The van der Waals surface area contributed by atoms with Crippen LogP contribution in [-0.4, -0.2) is 39.1 Å². The second-order valence-electron chi connectivity index (χ2n) is 3.60. The normalized spacial score (nSPS) is 9.26. The number of aliphatic imine (C=N–C) groups is 1. The van der Waals surface area contributed by atoms with Gasteiger partial charge in [0.15, 0.2) is 5.96 Å². The molecule has 1 rings (SSSR count). The molecule has 14 heteroatoms. The van der Waals surface area contributed by atoms with Gasteiger partial charge < -0.3 is 16.6 Å². The number of aromatic hydroxyl groups is 1. The second kappa shape index (κ2) is 8.65. The fourth-order valence-corrected chi connectivity index (χ4v) is 1.14. The topological polar surface area (TPSA) is 214 Å². The molecule has 23 heavy (non-hydrogen) atoms. The Kier molecular flexibility index (Phi) is 7.30. The third-order valence-electron chi connectivity index (χ3n) is 2.04. The van der Waals surface area contributed by atoms with Gasteiger partial charge in [0.25, 0.3) is 11.4 Å². The molecule has 0 fully saturated rings. The number of phenols is 1. The number of halogens is 1. The summed E-state index contributed by atoms with van der Waals surface area (Å²) >= 11 is 0. The van der Waals surface area contributed by atoms with E-state index in [4.69, 9.17) is 16.6 Å². The Morgan fingerprint density at radius 3 is 1.74 bits per heavy atom. The zero-order valence-corrected chi connectivity index (χ0v) is 11.3. The minimum Gasteiger partial charge on any atom is -0.497 e. The molecule has 0 amide bonds. The summed E-state index contributed by atoms with van der Waals surface area (Å²) in [6.45, 7) is -0.430. The smallest absolute Gasteiger partial charge is 0.324 e. The summed E-state index contributed by atoms with van der Waals surface area (Å²) in [5.41, 5.74) is 6.68.